The lowest BCUT2D eigenvalue weighted by molar-refractivity contribution is 0.168. The van der Waals surface area contributed by atoms with Crippen molar-refractivity contribution in [1.82, 2.24) is 0 Å². The van der Waals surface area contributed by atoms with Crippen LogP contribution in [0.3, 0.4) is 0 Å². The summed E-state index contributed by atoms with van der Waals surface area (Å²) in [6, 6.07) is 29.9. The van der Waals surface area contributed by atoms with Crippen molar-refractivity contribution in [3.8, 4) is 16.9 Å². The van der Waals surface area contributed by atoms with E-state index in [-0.39, 0.29) is 0 Å². The third-order valence-corrected chi connectivity index (χ3v) is 5.62. The van der Waals surface area contributed by atoms with Crippen molar-refractivity contribution in [1.29, 1.82) is 0 Å². The molecule has 4 aromatic carbocycles. The van der Waals surface area contributed by atoms with Gasteiger partial charge in [-0.3, -0.25) is 0 Å². The lowest BCUT2D eigenvalue weighted by Crippen LogP contribution is -2.32. The molecule has 1 heteroatoms. The zero-order valence-corrected chi connectivity index (χ0v) is 14.1. The van der Waals surface area contributed by atoms with Crippen LogP contribution in [-0.4, -0.2) is 0 Å². The zero-order valence-electron chi connectivity index (χ0n) is 14.1. The predicted molar refractivity (Wildman–Crippen MR) is 106 cm³/mol. The number of ether oxygens (including phenoxy) is 1. The Labute approximate surface area is 152 Å². The van der Waals surface area contributed by atoms with Gasteiger partial charge in [-0.15, -0.1) is 0 Å². The van der Waals surface area contributed by atoms with Crippen molar-refractivity contribution in [3.63, 3.8) is 0 Å². The molecular weight excluding hydrogens is 316 g/mol. The van der Waals surface area contributed by atoms with E-state index in [1.165, 1.54) is 27.6 Å². The smallest absolute Gasteiger partial charge is 0.179 e. The van der Waals surface area contributed by atoms with Crippen molar-refractivity contribution >= 4 is 16.8 Å². The Morgan fingerprint density at radius 3 is 2.04 bits per heavy atom. The Balaban J connectivity index is 1.68. The minimum atomic E-state index is -0.551. The Bertz CT molecular complexity index is 1170. The quantitative estimate of drug-likeness (QED) is 0.374. The van der Waals surface area contributed by atoms with Gasteiger partial charge in [0.1, 0.15) is 5.75 Å². The van der Waals surface area contributed by atoms with Crippen LogP contribution in [0.5, 0.6) is 5.75 Å². The predicted octanol–water partition coefficient (Wildman–Crippen LogP) is 6.17. The highest BCUT2D eigenvalue weighted by molar-refractivity contribution is 5.93. The fourth-order valence-corrected chi connectivity index (χ4v) is 4.43. The highest BCUT2D eigenvalue weighted by atomic mass is 16.5. The first-order valence-electron chi connectivity index (χ1n) is 8.96. The molecule has 1 aliphatic heterocycles. The van der Waals surface area contributed by atoms with Gasteiger partial charge in [-0.2, -0.15) is 0 Å². The number of rotatable bonds is 0. The summed E-state index contributed by atoms with van der Waals surface area (Å²) in [6.45, 7) is 0. The molecule has 0 saturated heterocycles. The molecule has 0 atom stereocenters. The molecule has 0 amide bonds. The fraction of sp³-hybridized carbons (Fsp3) is 0.0400. The van der Waals surface area contributed by atoms with Crippen molar-refractivity contribution in [2.45, 2.75) is 5.60 Å². The average molecular weight is 332 g/mol. The van der Waals surface area contributed by atoms with Crippen molar-refractivity contribution in [2.75, 3.05) is 0 Å². The second-order valence-corrected chi connectivity index (χ2v) is 6.97. The molecule has 0 saturated carbocycles. The van der Waals surface area contributed by atoms with Gasteiger partial charge in [-0.1, -0.05) is 91.0 Å². The Morgan fingerprint density at radius 2 is 1.27 bits per heavy atom. The molecule has 1 heterocycles. The van der Waals surface area contributed by atoms with Gasteiger partial charge >= 0.3 is 0 Å². The molecule has 0 radical (unpaired) electrons. The summed E-state index contributed by atoms with van der Waals surface area (Å²) in [6.07, 6.45) is 4.43. The molecule has 1 nitrogen and oxygen atoms in total. The second-order valence-electron chi connectivity index (χ2n) is 6.97. The molecule has 1 aliphatic carbocycles. The maximum Gasteiger partial charge on any atom is 0.179 e. The maximum absolute atomic E-state index is 6.86. The summed E-state index contributed by atoms with van der Waals surface area (Å²) >= 11 is 0. The molecule has 0 fully saturated rings. The highest BCUT2D eigenvalue weighted by Crippen LogP contribution is 2.53. The number of benzene rings is 4. The molecule has 6 rings (SSSR count). The highest BCUT2D eigenvalue weighted by Gasteiger charge is 2.45. The van der Waals surface area contributed by atoms with E-state index in [4.69, 9.17) is 4.74 Å². The van der Waals surface area contributed by atoms with E-state index >= 15 is 0 Å². The van der Waals surface area contributed by atoms with Gasteiger partial charge in [0.05, 0.1) is 0 Å². The zero-order chi connectivity index (χ0) is 17.1. The summed E-state index contributed by atoms with van der Waals surface area (Å²) in [5, 5.41) is 2.37. The van der Waals surface area contributed by atoms with Crippen LogP contribution in [0.25, 0.3) is 28.0 Å². The van der Waals surface area contributed by atoms with Crippen LogP contribution < -0.4 is 4.74 Å². The first kappa shape index (κ1) is 13.9. The molecule has 0 bridgehead atoms. The summed E-state index contributed by atoms with van der Waals surface area (Å²) in [4.78, 5) is 0. The normalized spacial score (nSPS) is 15.4. The Kier molecular flexibility index (Phi) is 2.60. The van der Waals surface area contributed by atoms with Crippen LogP contribution in [0.4, 0.5) is 0 Å². The molecule has 0 N–H and O–H groups in total. The van der Waals surface area contributed by atoms with Gasteiger partial charge in [0, 0.05) is 22.1 Å². The van der Waals surface area contributed by atoms with Crippen LogP contribution >= 0.6 is 0 Å². The van der Waals surface area contributed by atoms with E-state index in [1.54, 1.807) is 0 Å². The van der Waals surface area contributed by atoms with Crippen LogP contribution in [0.2, 0.25) is 0 Å². The second kappa shape index (κ2) is 4.86. The Hall–Kier alpha value is -3.32. The molecule has 122 valence electrons. The molecule has 4 aromatic rings. The third kappa shape index (κ3) is 1.65. The lowest BCUT2D eigenvalue weighted by Gasteiger charge is -2.34. The molecule has 0 unspecified atom stereocenters. The maximum atomic E-state index is 6.86. The van der Waals surface area contributed by atoms with Crippen LogP contribution in [0.1, 0.15) is 16.7 Å². The van der Waals surface area contributed by atoms with Crippen LogP contribution in [0, 0.1) is 0 Å². The number of hydrogen-bond acceptors (Lipinski definition) is 1. The summed E-state index contributed by atoms with van der Waals surface area (Å²) in [5.74, 6) is 0.970. The summed E-state index contributed by atoms with van der Waals surface area (Å²) in [7, 11) is 0. The average Bonchev–Trinajstić information content (AvgIpc) is 2.98. The molecule has 0 aromatic heterocycles. The largest absolute Gasteiger partial charge is 0.472 e. The van der Waals surface area contributed by atoms with E-state index in [0.717, 1.165) is 16.7 Å². The minimum absolute atomic E-state index is 0.551. The molecule has 1 spiro atoms. The lowest BCUT2D eigenvalue weighted by atomic mass is 9.87. The van der Waals surface area contributed by atoms with Crippen LogP contribution in [0.15, 0.2) is 91.0 Å². The van der Waals surface area contributed by atoms with Crippen LogP contribution in [-0.2, 0) is 5.60 Å². The summed E-state index contributed by atoms with van der Waals surface area (Å²) < 4.78 is 6.86. The first-order chi connectivity index (χ1) is 12.9. The van der Waals surface area contributed by atoms with E-state index in [1.807, 2.05) is 0 Å². The SMILES string of the molecule is C1=CC2(Oc3c1ccc1ccccc31)c1ccccc1-c1ccccc12. The van der Waals surface area contributed by atoms with E-state index in [2.05, 4.69) is 97.1 Å². The van der Waals surface area contributed by atoms with E-state index < -0.39 is 5.60 Å². The topological polar surface area (TPSA) is 9.23 Å². The fourth-order valence-electron chi connectivity index (χ4n) is 4.43. The van der Waals surface area contributed by atoms with Crippen molar-refractivity contribution < 1.29 is 4.74 Å². The molecular formula is C25H16O. The van der Waals surface area contributed by atoms with Gasteiger partial charge in [-0.25, -0.2) is 0 Å². The summed E-state index contributed by atoms with van der Waals surface area (Å²) in [5.41, 5.74) is 5.54. The van der Waals surface area contributed by atoms with Gasteiger partial charge < -0.3 is 4.74 Å². The van der Waals surface area contributed by atoms with Crippen molar-refractivity contribution in [2.24, 2.45) is 0 Å². The molecule has 2 aliphatic rings. The van der Waals surface area contributed by atoms with E-state index in [9.17, 15) is 0 Å². The number of fused-ring (bicyclic) bond motifs is 8. The van der Waals surface area contributed by atoms with E-state index in [0.29, 0.717) is 0 Å². The van der Waals surface area contributed by atoms with Gasteiger partial charge in [0.25, 0.3) is 0 Å². The van der Waals surface area contributed by atoms with Crippen molar-refractivity contribution in [3.05, 3.63) is 108 Å². The molecule has 26 heavy (non-hydrogen) atoms. The standard InChI is InChI=1S/C25H16O/c1-2-8-19-17(7-1)13-14-18-15-16-25(26-24(18)19)22-11-5-3-9-20(22)21-10-4-6-12-23(21)25/h1-16H. The first-order valence-corrected chi connectivity index (χ1v) is 8.96. The van der Waals surface area contributed by atoms with Gasteiger partial charge in [-0.05, 0) is 22.6 Å². The van der Waals surface area contributed by atoms with Gasteiger partial charge in [0.15, 0.2) is 5.60 Å². The van der Waals surface area contributed by atoms with Gasteiger partial charge in [0.2, 0.25) is 0 Å². The Morgan fingerprint density at radius 1 is 0.615 bits per heavy atom. The number of hydrogen-bond donors (Lipinski definition) is 0. The minimum Gasteiger partial charge on any atom is -0.472 e. The third-order valence-electron chi connectivity index (χ3n) is 5.62. The monoisotopic (exact) mass is 332 g/mol.